The predicted octanol–water partition coefficient (Wildman–Crippen LogP) is 1.11. The zero-order chi connectivity index (χ0) is 18.6. The number of hydrogen-bond acceptors (Lipinski definition) is 6. The molecular weight excluding hydrogens is 350 g/mol. The molecule has 0 spiro atoms. The van der Waals surface area contributed by atoms with Gasteiger partial charge in [-0.05, 0) is 25.0 Å². The van der Waals surface area contributed by atoms with Gasteiger partial charge >= 0.3 is 5.97 Å². The second-order valence-corrected chi connectivity index (χ2v) is 6.63. The molecule has 1 aromatic rings. The van der Waals surface area contributed by atoms with Crippen molar-refractivity contribution >= 4 is 35.2 Å². The van der Waals surface area contributed by atoms with Gasteiger partial charge in [0.2, 0.25) is 11.8 Å². The van der Waals surface area contributed by atoms with Gasteiger partial charge in [0, 0.05) is 24.7 Å². The van der Waals surface area contributed by atoms with Crippen molar-refractivity contribution in [1.82, 2.24) is 4.90 Å². The van der Waals surface area contributed by atoms with Gasteiger partial charge in [-0.3, -0.25) is 24.5 Å². The number of piperidine rings is 1. The monoisotopic (exact) mass is 367 g/mol. The van der Waals surface area contributed by atoms with Gasteiger partial charge in [0.25, 0.3) is 5.69 Å². The van der Waals surface area contributed by atoms with Crippen molar-refractivity contribution in [3.8, 4) is 0 Å². The topological polar surface area (TPSA) is 144 Å². The first-order chi connectivity index (χ1) is 11.8. The Bertz CT molecular complexity index is 723. The maximum absolute atomic E-state index is 12.3. The van der Waals surface area contributed by atoms with Crippen LogP contribution in [0.2, 0.25) is 0 Å². The van der Waals surface area contributed by atoms with E-state index in [0.717, 1.165) is 17.8 Å². The highest BCUT2D eigenvalue weighted by Crippen LogP contribution is 2.30. The minimum absolute atomic E-state index is 0.0164. The molecule has 0 bridgehead atoms. The van der Waals surface area contributed by atoms with Gasteiger partial charge in [-0.25, -0.2) is 0 Å². The van der Waals surface area contributed by atoms with E-state index in [9.17, 15) is 24.5 Å². The number of benzene rings is 1. The number of hydrogen-bond donors (Lipinski definition) is 2. The van der Waals surface area contributed by atoms with Crippen LogP contribution in [0.25, 0.3) is 0 Å². The van der Waals surface area contributed by atoms with E-state index in [4.69, 9.17) is 10.8 Å². The number of carbonyl (C=O) groups is 3. The first kappa shape index (κ1) is 18.7. The average Bonchev–Trinajstić information content (AvgIpc) is 2.59. The van der Waals surface area contributed by atoms with Crippen molar-refractivity contribution in [2.75, 3.05) is 18.8 Å². The van der Waals surface area contributed by atoms with Crippen molar-refractivity contribution < 1.29 is 24.4 Å². The summed E-state index contributed by atoms with van der Waals surface area (Å²) in [6.07, 6.45) is 1.15. The highest BCUT2D eigenvalue weighted by Gasteiger charge is 2.28. The van der Waals surface area contributed by atoms with E-state index in [-0.39, 0.29) is 34.4 Å². The smallest absolute Gasteiger partial charge is 0.308 e. The van der Waals surface area contributed by atoms with Crippen molar-refractivity contribution in [2.24, 2.45) is 11.7 Å². The second-order valence-electron chi connectivity index (χ2n) is 5.61. The fourth-order valence-corrected chi connectivity index (χ4v) is 3.48. The van der Waals surface area contributed by atoms with Gasteiger partial charge in [-0.1, -0.05) is 0 Å². The standard InChI is InChI=1S/C15H17N3O6S/c16-14(20)9-3-4-12(11(6-9)18(23)24)25-8-13(19)17-5-1-2-10(7-17)15(21)22/h3-4,6,10H,1-2,5,7-8H2,(H2,16,20)(H,21,22)/t10-/m0/s1. The first-order valence-electron chi connectivity index (χ1n) is 7.51. The quantitative estimate of drug-likeness (QED) is 0.435. The van der Waals surface area contributed by atoms with Crippen molar-refractivity contribution in [1.29, 1.82) is 0 Å². The van der Waals surface area contributed by atoms with Gasteiger partial charge < -0.3 is 15.7 Å². The lowest BCUT2D eigenvalue weighted by Crippen LogP contribution is -2.43. The van der Waals surface area contributed by atoms with Crippen LogP contribution < -0.4 is 5.73 Å². The van der Waals surface area contributed by atoms with Crippen molar-refractivity contribution in [2.45, 2.75) is 17.7 Å². The molecule has 25 heavy (non-hydrogen) atoms. The lowest BCUT2D eigenvalue weighted by atomic mass is 9.98. The molecule has 2 amide bonds. The molecule has 0 radical (unpaired) electrons. The lowest BCUT2D eigenvalue weighted by molar-refractivity contribution is -0.387. The molecular formula is C15H17N3O6S. The number of likely N-dealkylation sites (tertiary alicyclic amines) is 1. The summed E-state index contributed by atoms with van der Waals surface area (Å²) in [6, 6.07) is 3.83. The fourth-order valence-electron chi connectivity index (χ4n) is 2.57. The zero-order valence-corrected chi connectivity index (χ0v) is 14.0. The van der Waals surface area contributed by atoms with Gasteiger partial charge in [0.05, 0.1) is 21.5 Å². The third-order valence-electron chi connectivity index (χ3n) is 3.91. The molecule has 1 fully saturated rings. The molecule has 0 aromatic heterocycles. The van der Waals surface area contributed by atoms with Crippen molar-refractivity contribution in [3.05, 3.63) is 33.9 Å². The summed E-state index contributed by atoms with van der Waals surface area (Å²) in [7, 11) is 0. The number of thioether (sulfide) groups is 1. The molecule has 1 heterocycles. The van der Waals surface area contributed by atoms with Crippen LogP contribution >= 0.6 is 11.8 Å². The van der Waals surface area contributed by atoms with E-state index < -0.39 is 22.7 Å². The van der Waals surface area contributed by atoms with Crippen molar-refractivity contribution in [3.63, 3.8) is 0 Å². The number of carboxylic acids is 1. The molecule has 1 aliphatic rings. The average molecular weight is 367 g/mol. The third kappa shape index (κ3) is 4.69. The zero-order valence-electron chi connectivity index (χ0n) is 13.2. The molecule has 10 heteroatoms. The summed E-state index contributed by atoms with van der Waals surface area (Å²) >= 11 is 0.975. The number of carboxylic acid groups (broad SMARTS) is 1. The van der Waals surface area contributed by atoms with E-state index in [1.165, 1.54) is 17.0 Å². The molecule has 0 aliphatic carbocycles. The summed E-state index contributed by atoms with van der Waals surface area (Å²) in [4.78, 5) is 46.7. The Morgan fingerprint density at radius 3 is 2.72 bits per heavy atom. The summed E-state index contributed by atoms with van der Waals surface area (Å²) < 4.78 is 0. The lowest BCUT2D eigenvalue weighted by Gasteiger charge is -2.30. The van der Waals surface area contributed by atoms with E-state index >= 15 is 0 Å². The Morgan fingerprint density at radius 1 is 1.40 bits per heavy atom. The van der Waals surface area contributed by atoms with Gasteiger partial charge in [-0.2, -0.15) is 0 Å². The van der Waals surface area contributed by atoms with Gasteiger partial charge in [-0.15, -0.1) is 11.8 Å². The predicted molar refractivity (Wildman–Crippen MR) is 89.3 cm³/mol. The van der Waals surface area contributed by atoms with Crippen LogP contribution in [0.1, 0.15) is 23.2 Å². The second kappa shape index (κ2) is 7.97. The molecule has 1 aromatic carbocycles. The fraction of sp³-hybridized carbons (Fsp3) is 0.400. The number of nitrogens with two attached hydrogens (primary N) is 1. The Morgan fingerprint density at radius 2 is 2.12 bits per heavy atom. The molecule has 134 valence electrons. The molecule has 0 saturated carbocycles. The van der Waals surface area contributed by atoms with Gasteiger partial charge in [0.1, 0.15) is 0 Å². The number of primary amides is 1. The summed E-state index contributed by atoms with van der Waals surface area (Å²) in [6.45, 7) is 0.628. The molecule has 1 aliphatic heterocycles. The molecule has 1 saturated heterocycles. The highest BCUT2D eigenvalue weighted by atomic mass is 32.2. The Kier molecular flexibility index (Phi) is 5.97. The summed E-state index contributed by atoms with van der Waals surface area (Å²) in [5, 5.41) is 20.2. The van der Waals surface area contributed by atoms with E-state index in [1.54, 1.807) is 0 Å². The number of aliphatic carboxylic acids is 1. The number of nitro benzene ring substituents is 1. The number of carbonyl (C=O) groups excluding carboxylic acids is 2. The normalized spacial score (nSPS) is 17.1. The largest absolute Gasteiger partial charge is 0.481 e. The maximum atomic E-state index is 12.3. The van der Waals surface area contributed by atoms with Gasteiger partial charge in [0.15, 0.2) is 0 Å². The van der Waals surface area contributed by atoms with E-state index in [2.05, 4.69) is 0 Å². The molecule has 9 nitrogen and oxygen atoms in total. The Balaban J connectivity index is 2.05. The van der Waals surface area contributed by atoms with Crippen LogP contribution in [0.15, 0.2) is 23.1 Å². The van der Waals surface area contributed by atoms with Crippen LogP contribution in [0.3, 0.4) is 0 Å². The first-order valence-corrected chi connectivity index (χ1v) is 8.49. The van der Waals surface area contributed by atoms with Crippen LogP contribution in [0.4, 0.5) is 5.69 Å². The number of nitrogens with zero attached hydrogens (tertiary/aromatic N) is 2. The number of nitro groups is 1. The molecule has 2 rings (SSSR count). The Hall–Kier alpha value is -2.62. The minimum Gasteiger partial charge on any atom is -0.481 e. The van der Waals surface area contributed by atoms with Crippen LogP contribution in [0.5, 0.6) is 0 Å². The molecule has 3 N–H and O–H groups in total. The summed E-state index contributed by atoms with van der Waals surface area (Å²) in [5.41, 5.74) is 4.83. The molecule has 0 unspecified atom stereocenters. The molecule has 1 atom stereocenters. The maximum Gasteiger partial charge on any atom is 0.308 e. The van der Waals surface area contributed by atoms with E-state index in [0.29, 0.717) is 19.4 Å². The van der Waals surface area contributed by atoms with E-state index in [1.807, 2.05) is 0 Å². The third-order valence-corrected chi connectivity index (χ3v) is 4.96. The van der Waals surface area contributed by atoms with Crippen LogP contribution in [-0.2, 0) is 9.59 Å². The SMILES string of the molecule is NC(=O)c1ccc(SCC(=O)N2CCC[C@H](C(=O)O)C2)c([N+](=O)[O-])c1. The number of rotatable bonds is 6. The minimum atomic E-state index is -0.928. The summed E-state index contributed by atoms with van der Waals surface area (Å²) in [5.74, 6) is -2.61. The highest BCUT2D eigenvalue weighted by molar-refractivity contribution is 8.00. The van der Waals surface area contributed by atoms with Crippen LogP contribution in [-0.4, -0.2) is 51.6 Å². The Labute approximate surface area is 147 Å². The number of amides is 2. The van der Waals surface area contributed by atoms with Crippen LogP contribution in [0, 0.1) is 16.0 Å².